The minimum Gasteiger partial charge on any atom is -0.392 e. The maximum Gasteiger partial charge on any atom is 0.266 e. The molecule has 1 amide bonds. The van der Waals surface area contributed by atoms with Gasteiger partial charge in [0.2, 0.25) is 0 Å². The Morgan fingerprint density at radius 1 is 1.00 bits per heavy atom. The van der Waals surface area contributed by atoms with E-state index < -0.39 is 0 Å². The standard InChI is InChI=1S/C23H26N4O2/c24-14-22(16-25-15-19-6-8-21(18-28)9-7-19)23(29)27-12-10-26(11-13-27)17-20-4-2-1-3-5-20/h1-9,16,25,28H,10-13,15,17-18H2/b22-16-. The van der Waals surface area contributed by atoms with Crippen LogP contribution in [0.1, 0.15) is 16.7 Å². The van der Waals surface area contributed by atoms with Crippen molar-refractivity contribution < 1.29 is 9.90 Å². The van der Waals surface area contributed by atoms with Gasteiger partial charge in [-0.05, 0) is 16.7 Å². The normalized spacial score (nSPS) is 15.0. The van der Waals surface area contributed by atoms with Crippen LogP contribution in [0.3, 0.4) is 0 Å². The predicted molar refractivity (Wildman–Crippen MR) is 111 cm³/mol. The van der Waals surface area contributed by atoms with Gasteiger partial charge in [-0.2, -0.15) is 5.26 Å². The number of rotatable bonds is 7. The van der Waals surface area contributed by atoms with Crippen molar-refractivity contribution >= 4 is 5.91 Å². The van der Waals surface area contributed by atoms with Gasteiger partial charge < -0.3 is 15.3 Å². The lowest BCUT2D eigenvalue weighted by Gasteiger charge is -2.34. The van der Waals surface area contributed by atoms with Gasteiger partial charge in [0, 0.05) is 45.5 Å². The van der Waals surface area contributed by atoms with Crippen LogP contribution in [-0.2, 0) is 24.5 Å². The van der Waals surface area contributed by atoms with Gasteiger partial charge in [0.05, 0.1) is 6.61 Å². The molecule has 1 heterocycles. The third-order valence-corrected chi connectivity index (χ3v) is 5.02. The van der Waals surface area contributed by atoms with Gasteiger partial charge in [-0.3, -0.25) is 9.69 Å². The molecule has 1 saturated heterocycles. The fraction of sp³-hybridized carbons (Fsp3) is 0.304. The third-order valence-electron chi connectivity index (χ3n) is 5.02. The number of piperazine rings is 1. The lowest BCUT2D eigenvalue weighted by atomic mass is 10.1. The topological polar surface area (TPSA) is 79.6 Å². The molecule has 6 heteroatoms. The van der Waals surface area contributed by atoms with Crippen molar-refractivity contribution in [2.75, 3.05) is 26.2 Å². The maximum atomic E-state index is 12.7. The summed E-state index contributed by atoms with van der Waals surface area (Å²) >= 11 is 0. The van der Waals surface area contributed by atoms with E-state index in [0.717, 1.165) is 30.8 Å². The quantitative estimate of drug-likeness (QED) is 0.559. The number of benzene rings is 2. The van der Waals surface area contributed by atoms with Crippen molar-refractivity contribution in [3.05, 3.63) is 83.1 Å². The average Bonchev–Trinajstić information content (AvgIpc) is 2.78. The van der Waals surface area contributed by atoms with E-state index in [-0.39, 0.29) is 18.1 Å². The molecule has 0 atom stereocenters. The smallest absolute Gasteiger partial charge is 0.266 e. The average molecular weight is 390 g/mol. The Labute approximate surface area is 171 Å². The van der Waals surface area contributed by atoms with Crippen molar-refractivity contribution in [2.45, 2.75) is 19.7 Å². The minimum atomic E-state index is -0.227. The largest absolute Gasteiger partial charge is 0.392 e. The van der Waals surface area contributed by atoms with E-state index in [1.807, 2.05) is 48.5 Å². The van der Waals surface area contributed by atoms with Crippen LogP contribution in [0.5, 0.6) is 0 Å². The molecule has 2 N–H and O–H groups in total. The van der Waals surface area contributed by atoms with E-state index in [1.165, 1.54) is 11.8 Å². The predicted octanol–water partition coefficient (Wildman–Crippen LogP) is 2.02. The number of carbonyl (C=O) groups is 1. The summed E-state index contributed by atoms with van der Waals surface area (Å²) in [5.41, 5.74) is 3.25. The first-order valence-corrected chi connectivity index (χ1v) is 9.77. The van der Waals surface area contributed by atoms with Crippen LogP contribution in [0, 0.1) is 11.3 Å². The molecule has 1 aliphatic rings. The first-order chi connectivity index (χ1) is 14.2. The van der Waals surface area contributed by atoms with E-state index in [4.69, 9.17) is 5.11 Å². The first-order valence-electron chi connectivity index (χ1n) is 9.77. The van der Waals surface area contributed by atoms with Crippen LogP contribution in [-0.4, -0.2) is 47.0 Å². The van der Waals surface area contributed by atoms with Crippen molar-refractivity contribution in [2.24, 2.45) is 0 Å². The summed E-state index contributed by atoms with van der Waals surface area (Å²) in [4.78, 5) is 16.7. The zero-order valence-corrected chi connectivity index (χ0v) is 16.4. The van der Waals surface area contributed by atoms with E-state index in [2.05, 4.69) is 22.3 Å². The van der Waals surface area contributed by atoms with Gasteiger partial charge in [-0.1, -0.05) is 54.6 Å². The molecule has 1 fully saturated rings. The van der Waals surface area contributed by atoms with Gasteiger partial charge in [-0.15, -0.1) is 0 Å². The Morgan fingerprint density at radius 2 is 1.66 bits per heavy atom. The van der Waals surface area contributed by atoms with Gasteiger partial charge in [-0.25, -0.2) is 0 Å². The lowest BCUT2D eigenvalue weighted by Crippen LogP contribution is -2.48. The molecule has 0 saturated carbocycles. The Balaban J connectivity index is 1.49. The summed E-state index contributed by atoms with van der Waals surface area (Å²) in [6.07, 6.45) is 1.50. The molecule has 0 aromatic heterocycles. The number of carbonyl (C=O) groups excluding carboxylic acids is 1. The molecule has 0 spiro atoms. The summed E-state index contributed by atoms with van der Waals surface area (Å²) in [6.45, 7) is 4.23. The highest BCUT2D eigenvalue weighted by atomic mass is 16.3. The second-order valence-corrected chi connectivity index (χ2v) is 7.08. The molecule has 0 unspecified atom stereocenters. The van der Waals surface area contributed by atoms with Crippen LogP contribution < -0.4 is 5.32 Å². The van der Waals surface area contributed by atoms with E-state index >= 15 is 0 Å². The molecule has 0 radical (unpaired) electrons. The van der Waals surface area contributed by atoms with Crippen LogP contribution in [0.4, 0.5) is 0 Å². The molecule has 29 heavy (non-hydrogen) atoms. The lowest BCUT2D eigenvalue weighted by molar-refractivity contribution is -0.128. The second kappa shape index (κ2) is 10.4. The van der Waals surface area contributed by atoms with Gasteiger partial charge in [0.25, 0.3) is 5.91 Å². The van der Waals surface area contributed by atoms with Crippen molar-refractivity contribution in [1.29, 1.82) is 5.26 Å². The molecule has 150 valence electrons. The molecule has 0 bridgehead atoms. The van der Waals surface area contributed by atoms with E-state index in [0.29, 0.717) is 19.6 Å². The highest BCUT2D eigenvalue weighted by molar-refractivity contribution is 5.97. The summed E-state index contributed by atoms with van der Waals surface area (Å²) in [7, 11) is 0. The summed E-state index contributed by atoms with van der Waals surface area (Å²) in [6, 6.07) is 19.8. The Morgan fingerprint density at radius 3 is 2.28 bits per heavy atom. The van der Waals surface area contributed by atoms with Crippen LogP contribution in [0.2, 0.25) is 0 Å². The molecule has 3 rings (SSSR count). The van der Waals surface area contributed by atoms with Crippen LogP contribution in [0.25, 0.3) is 0 Å². The Bertz CT molecular complexity index is 864. The summed E-state index contributed by atoms with van der Waals surface area (Å²) in [5, 5.41) is 21.5. The molecule has 2 aromatic carbocycles. The zero-order chi connectivity index (χ0) is 20.5. The van der Waals surface area contributed by atoms with Gasteiger partial charge in [0.1, 0.15) is 11.6 Å². The third kappa shape index (κ3) is 5.92. The Kier molecular flexibility index (Phi) is 7.40. The fourth-order valence-electron chi connectivity index (χ4n) is 3.30. The minimum absolute atomic E-state index is 0.0132. The molecular formula is C23H26N4O2. The van der Waals surface area contributed by atoms with E-state index in [1.54, 1.807) is 4.90 Å². The van der Waals surface area contributed by atoms with E-state index in [9.17, 15) is 10.1 Å². The number of nitrogens with zero attached hydrogens (tertiary/aromatic N) is 3. The van der Waals surface area contributed by atoms with Crippen molar-refractivity contribution in [3.63, 3.8) is 0 Å². The number of aliphatic hydroxyl groups is 1. The summed E-state index contributed by atoms with van der Waals surface area (Å²) < 4.78 is 0. The van der Waals surface area contributed by atoms with Gasteiger partial charge >= 0.3 is 0 Å². The molecule has 0 aliphatic carbocycles. The maximum absolute atomic E-state index is 12.7. The molecular weight excluding hydrogens is 364 g/mol. The van der Waals surface area contributed by atoms with Crippen molar-refractivity contribution in [1.82, 2.24) is 15.1 Å². The fourth-order valence-corrected chi connectivity index (χ4v) is 3.30. The zero-order valence-electron chi connectivity index (χ0n) is 16.4. The van der Waals surface area contributed by atoms with Gasteiger partial charge in [0.15, 0.2) is 0 Å². The van der Waals surface area contributed by atoms with Crippen LogP contribution >= 0.6 is 0 Å². The number of hydrogen-bond donors (Lipinski definition) is 2. The number of nitriles is 1. The monoisotopic (exact) mass is 390 g/mol. The number of hydrogen-bond acceptors (Lipinski definition) is 5. The van der Waals surface area contributed by atoms with Crippen LogP contribution in [0.15, 0.2) is 66.4 Å². The molecule has 2 aromatic rings. The number of aliphatic hydroxyl groups excluding tert-OH is 1. The molecule has 1 aliphatic heterocycles. The highest BCUT2D eigenvalue weighted by Crippen LogP contribution is 2.11. The number of nitrogens with one attached hydrogen (secondary N) is 1. The second-order valence-electron chi connectivity index (χ2n) is 7.08. The first kappa shape index (κ1) is 20.6. The SMILES string of the molecule is N#C/C(=C/NCc1ccc(CO)cc1)C(=O)N1CCN(Cc2ccccc2)CC1. The molecule has 6 nitrogen and oxygen atoms in total. The number of amides is 1. The Hall–Kier alpha value is -3.14. The summed E-state index contributed by atoms with van der Waals surface area (Å²) in [5.74, 6) is -0.227. The highest BCUT2D eigenvalue weighted by Gasteiger charge is 2.23. The van der Waals surface area contributed by atoms with Crippen molar-refractivity contribution in [3.8, 4) is 6.07 Å².